The van der Waals surface area contributed by atoms with Gasteiger partial charge in [0.2, 0.25) is 0 Å². The van der Waals surface area contributed by atoms with Crippen molar-refractivity contribution in [2.24, 2.45) is 5.41 Å². The summed E-state index contributed by atoms with van der Waals surface area (Å²) in [6.45, 7) is 6.21. The van der Waals surface area contributed by atoms with Crippen molar-refractivity contribution in [1.29, 1.82) is 0 Å². The van der Waals surface area contributed by atoms with Gasteiger partial charge in [-0.3, -0.25) is 0 Å². The summed E-state index contributed by atoms with van der Waals surface area (Å²) in [6, 6.07) is 0. The zero-order chi connectivity index (χ0) is 7.61. The molecule has 0 aromatic rings. The third kappa shape index (κ3) is 1.70. The second kappa shape index (κ2) is 2.89. The second-order valence-corrected chi connectivity index (χ2v) is 3.82. The average Bonchev–Trinajstić information content (AvgIpc) is 1.96. The molecule has 1 heterocycles. The van der Waals surface area contributed by atoms with Gasteiger partial charge in [-0.2, -0.15) is 0 Å². The van der Waals surface area contributed by atoms with E-state index in [0.717, 1.165) is 25.9 Å². The average molecular weight is 143 g/mol. The molecule has 1 saturated heterocycles. The van der Waals surface area contributed by atoms with Gasteiger partial charge in [0.25, 0.3) is 0 Å². The van der Waals surface area contributed by atoms with E-state index in [0.29, 0.717) is 0 Å². The van der Waals surface area contributed by atoms with Crippen molar-refractivity contribution < 1.29 is 5.11 Å². The van der Waals surface area contributed by atoms with Crippen LogP contribution < -0.4 is 5.32 Å². The Hall–Kier alpha value is -0.0800. The molecular formula is C8H17NO. The van der Waals surface area contributed by atoms with E-state index in [1.807, 2.05) is 0 Å². The van der Waals surface area contributed by atoms with Gasteiger partial charge in [-0.05, 0) is 19.4 Å². The molecule has 0 bridgehead atoms. The molecule has 60 valence electrons. The zero-order valence-corrected chi connectivity index (χ0v) is 6.85. The number of aliphatic hydroxyl groups excluding tert-OH is 1. The Morgan fingerprint density at radius 2 is 2.20 bits per heavy atom. The molecule has 2 heteroatoms. The van der Waals surface area contributed by atoms with Crippen LogP contribution in [0, 0.1) is 5.41 Å². The van der Waals surface area contributed by atoms with Crippen molar-refractivity contribution in [2.75, 3.05) is 13.1 Å². The Balaban J connectivity index is 2.52. The number of rotatable bonds is 0. The lowest BCUT2D eigenvalue weighted by Crippen LogP contribution is -2.35. The summed E-state index contributed by atoms with van der Waals surface area (Å²) in [6.07, 6.45) is 1.92. The molecule has 0 aromatic heterocycles. The summed E-state index contributed by atoms with van der Waals surface area (Å²) in [7, 11) is 0. The van der Waals surface area contributed by atoms with E-state index in [1.165, 1.54) is 0 Å². The third-order valence-corrected chi connectivity index (χ3v) is 2.31. The van der Waals surface area contributed by atoms with Crippen LogP contribution in [-0.2, 0) is 0 Å². The molecule has 0 aliphatic carbocycles. The minimum Gasteiger partial charge on any atom is -0.393 e. The van der Waals surface area contributed by atoms with Crippen LogP contribution >= 0.6 is 0 Å². The Labute approximate surface area is 62.6 Å². The Morgan fingerprint density at radius 3 is 2.90 bits per heavy atom. The van der Waals surface area contributed by atoms with Gasteiger partial charge in [-0.1, -0.05) is 13.8 Å². The lowest BCUT2D eigenvalue weighted by molar-refractivity contribution is 0.0525. The molecule has 1 aliphatic rings. The summed E-state index contributed by atoms with van der Waals surface area (Å²) in [4.78, 5) is 0. The zero-order valence-electron chi connectivity index (χ0n) is 6.85. The molecule has 0 saturated carbocycles. The van der Waals surface area contributed by atoms with Gasteiger partial charge in [-0.15, -0.1) is 0 Å². The molecule has 1 aliphatic heterocycles. The normalized spacial score (nSPS) is 33.3. The van der Waals surface area contributed by atoms with Crippen molar-refractivity contribution in [3.8, 4) is 0 Å². The number of aliphatic hydroxyl groups is 1. The molecule has 1 rings (SSSR count). The van der Waals surface area contributed by atoms with Gasteiger partial charge in [0.1, 0.15) is 0 Å². The standard InChI is InChI=1S/C8H17NO/c1-8(2)6-9-5-3-4-7(8)10/h7,9-10H,3-6H2,1-2H3. The monoisotopic (exact) mass is 143 g/mol. The molecule has 1 unspecified atom stereocenters. The van der Waals surface area contributed by atoms with Crippen molar-refractivity contribution in [3.63, 3.8) is 0 Å². The molecule has 1 fully saturated rings. The third-order valence-electron chi connectivity index (χ3n) is 2.31. The molecule has 0 amide bonds. The first kappa shape index (κ1) is 8.02. The number of nitrogens with one attached hydrogen (secondary N) is 1. The molecular weight excluding hydrogens is 126 g/mol. The molecule has 1 atom stereocenters. The van der Waals surface area contributed by atoms with Crippen LogP contribution in [0.25, 0.3) is 0 Å². The first-order valence-electron chi connectivity index (χ1n) is 4.02. The van der Waals surface area contributed by atoms with Crippen molar-refractivity contribution in [2.45, 2.75) is 32.8 Å². The smallest absolute Gasteiger partial charge is 0.0603 e. The van der Waals surface area contributed by atoms with E-state index in [4.69, 9.17) is 0 Å². The fraction of sp³-hybridized carbons (Fsp3) is 1.00. The summed E-state index contributed by atoms with van der Waals surface area (Å²) in [5.41, 5.74) is 0.0660. The first-order valence-corrected chi connectivity index (χ1v) is 4.02. The van der Waals surface area contributed by atoms with Crippen LogP contribution in [0.15, 0.2) is 0 Å². The van der Waals surface area contributed by atoms with E-state index >= 15 is 0 Å². The van der Waals surface area contributed by atoms with Crippen LogP contribution in [0.5, 0.6) is 0 Å². The van der Waals surface area contributed by atoms with Crippen molar-refractivity contribution >= 4 is 0 Å². The molecule has 0 aromatic carbocycles. The minimum absolute atomic E-state index is 0.0660. The van der Waals surface area contributed by atoms with Crippen LogP contribution in [0.1, 0.15) is 26.7 Å². The van der Waals surface area contributed by atoms with E-state index in [2.05, 4.69) is 19.2 Å². The highest BCUT2D eigenvalue weighted by Crippen LogP contribution is 2.24. The maximum Gasteiger partial charge on any atom is 0.0603 e. The summed E-state index contributed by atoms with van der Waals surface area (Å²) in [5, 5.41) is 12.9. The quantitative estimate of drug-likeness (QED) is 0.524. The molecule has 2 N–H and O–H groups in total. The van der Waals surface area contributed by atoms with Crippen molar-refractivity contribution in [3.05, 3.63) is 0 Å². The van der Waals surface area contributed by atoms with Crippen LogP contribution in [0.3, 0.4) is 0 Å². The van der Waals surface area contributed by atoms with Crippen LogP contribution in [0.4, 0.5) is 0 Å². The highest BCUT2D eigenvalue weighted by Gasteiger charge is 2.28. The van der Waals surface area contributed by atoms with Gasteiger partial charge in [0.15, 0.2) is 0 Å². The predicted octanol–water partition coefficient (Wildman–Crippen LogP) is 0.757. The molecule has 10 heavy (non-hydrogen) atoms. The maximum absolute atomic E-state index is 9.58. The minimum atomic E-state index is -0.123. The molecule has 0 spiro atoms. The highest BCUT2D eigenvalue weighted by molar-refractivity contribution is 4.82. The highest BCUT2D eigenvalue weighted by atomic mass is 16.3. The first-order chi connectivity index (χ1) is 4.63. The second-order valence-electron chi connectivity index (χ2n) is 3.82. The topological polar surface area (TPSA) is 32.3 Å². The Kier molecular flexibility index (Phi) is 2.32. The fourth-order valence-electron chi connectivity index (χ4n) is 1.34. The largest absolute Gasteiger partial charge is 0.393 e. The van der Waals surface area contributed by atoms with Gasteiger partial charge in [-0.25, -0.2) is 0 Å². The van der Waals surface area contributed by atoms with Gasteiger partial charge in [0, 0.05) is 12.0 Å². The lowest BCUT2D eigenvalue weighted by atomic mass is 9.85. The van der Waals surface area contributed by atoms with Gasteiger partial charge < -0.3 is 10.4 Å². The number of hydrogen-bond donors (Lipinski definition) is 2. The number of hydrogen-bond acceptors (Lipinski definition) is 2. The summed E-state index contributed by atoms with van der Waals surface area (Å²) in [5.74, 6) is 0. The molecule has 2 nitrogen and oxygen atoms in total. The van der Waals surface area contributed by atoms with Crippen LogP contribution in [0.2, 0.25) is 0 Å². The van der Waals surface area contributed by atoms with Gasteiger partial charge in [0.05, 0.1) is 6.10 Å². The van der Waals surface area contributed by atoms with Gasteiger partial charge >= 0.3 is 0 Å². The summed E-state index contributed by atoms with van der Waals surface area (Å²) >= 11 is 0. The Morgan fingerprint density at radius 1 is 1.50 bits per heavy atom. The fourth-order valence-corrected chi connectivity index (χ4v) is 1.34. The Bertz CT molecular complexity index is 112. The van der Waals surface area contributed by atoms with E-state index < -0.39 is 0 Å². The maximum atomic E-state index is 9.58. The van der Waals surface area contributed by atoms with Crippen LogP contribution in [-0.4, -0.2) is 24.3 Å². The van der Waals surface area contributed by atoms with E-state index in [1.54, 1.807) is 0 Å². The predicted molar refractivity (Wildman–Crippen MR) is 41.9 cm³/mol. The van der Waals surface area contributed by atoms with E-state index in [-0.39, 0.29) is 11.5 Å². The van der Waals surface area contributed by atoms with E-state index in [9.17, 15) is 5.11 Å². The van der Waals surface area contributed by atoms with Crippen molar-refractivity contribution in [1.82, 2.24) is 5.32 Å². The summed E-state index contributed by atoms with van der Waals surface area (Å²) < 4.78 is 0. The SMILES string of the molecule is CC1(C)CNCCCC1O. The lowest BCUT2D eigenvalue weighted by Gasteiger charge is -2.27. The molecule has 0 radical (unpaired) electrons.